The Morgan fingerprint density at radius 1 is 1.56 bits per heavy atom. The van der Waals surface area contributed by atoms with Crippen LogP contribution in [-0.4, -0.2) is 39.1 Å². The van der Waals surface area contributed by atoms with Crippen LogP contribution in [0.15, 0.2) is 22.9 Å². The van der Waals surface area contributed by atoms with Crippen LogP contribution in [0.5, 0.6) is 0 Å². The summed E-state index contributed by atoms with van der Waals surface area (Å²) in [7, 11) is 3.38. The Bertz CT molecular complexity index is 561. The van der Waals surface area contributed by atoms with E-state index >= 15 is 0 Å². The van der Waals surface area contributed by atoms with Crippen molar-refractivity contribution in [2.45, 2.75) is 6.54 Å². The zero-order valence-corrected chi connectivity index (χ0v) is 11.7. The van der Waals surface area contributed by atoms with Gasteiger partial charge in [0.1, 0.15) is 11.4 Å². The standard InChI is InChI=1S/C11H13BrN4O2/c1-15-4-3-9(14-15)11(17)10-8(12)7-13-16(10)5-6-18-2/h3-4,7H,5-6H2,1-2H3. The van der Waals surface area contributed by atoms with Crippen molar-refractivity contribution in [1.82, 2.24) is 19.6 Å². The van der Waals surface area contributed by atoms with Gasteiger partial charge in [0.2, 0.25) is 5.78 Å². The van der Waals surface area contributed by atoms with Crippen LogP contribution in [0.3, 0.4) is 0 Å². The zero-order valence-electron chi connectivity index (χ0n) is 10.1. The number of carbonyl (C=O) groups is 1. The van der Waals surface area contributed by atoms with Crippen molar-refractivity contribution in [3.05, 3.63) is 34.3 Å². The first kappa shape index (κ1) is 13.0. The van der Waals surface area contributed by atoms with Crippen molar-refractivity contribution in [1.29, 1.82) is 0 Å². The van der Waals surface area contributed by atoms with Gasteiger partial charge in [0.05, 0.1) is 23.8 Å². The monoisotopic (exact) mass is 312 g/mol. The lowest BCUT2D eigenvalue weighted by atomic mass is 10.2. The van der Waals surface area contributed by atoms with Gasteiger partial charge in [0.15, 0.2) is 0 Å². The van der Waals surface area contributed by atoms with Gasteiger partial charge >= 0.3 is 0 Å². The summed E-state index contributed by atoms with van der Waals surface area (Å²) >= 11 is 3.33. The lowest BCUT2D eigenvalue weighted by Crippen LogP contribution is -2.15. The molecule has 2 heterocycles. The second kappa shape index (κ2) is 5.45. The number of methoxy groups -OCH3 is 1. The van der Waals surface area contributed by atoms with Crippen molar-refractivity contribution >= 4 is 21.7 Å². The summed E-state index contributed by atoms with van der Waals surface area (Å²) in [6.45, 7) is 1.02. The number of hydrogen-bond acceptors (Lipinski definition) is 4. The van der Waals surface area contributed by atoms with E-state index in [1.165, 1.54) is 0 Å². The number of aromatic nitrogens is 4. The predicted octanol–water partition coefficient (Wildman–Crippen LogP) is 1.26. The zero-order chi connectivity index (χ0) is 13.1. The summed E-state index contributed by atoms with van der Waals surface area (Å²) in [6, 6.07) is 1.68. The van der Waals surface area contributed by atoms with Crippen molar-refractivity contribution in [3.8, 4) is 0 Å². The Hall–Kier alpha value is -1.47. The molecule has 6 nitrogen and oxygen atoms in total. The molecule has 18 heavy (non-hydrogen) atoms. The molecule has 0 unspecified atom stereocenters. The first-order valence-corrected chi connectivity index (χ1v) is 6.17. The third-order valence-electron chi connectivity index (χ3n) is 2.46. The summed E-state index contributed by atoms with van der Waals surface area (Å²) < 4.78 is 8.86. The smallest absolute Gasteiger partial charge is 0.232 e. The highest BCUT2D eigenvalue weighted by Crippen LogP contribution is 2.19. The van der Waals surface area contributed by atoms with Crippen LogP contribution in [0.1, 0.15) is 16.2 Å². The van der Waals surface area contributed by atoms with E-state index < -0.39 is 0 Å². The Morgan fingerprint density at radius 3 is 2.94 bits per heavy atom. The lowest BCUT2D eigenvalue weighted by molar-refractivity contribution is 0.101. The molecule has 0 aliphatic heterocycles. The molecule has 0 bridgehead atoms. The molecule has 7 heteroatoms. The van der Waals surface area contributed by atoms with Gasteiger partial charge in [0, 0.05) is 20.4 Å². The highest BCUT2D eigenvalue weighted by molar-refractivity contribution is 9.10. The van der Waals surface area contributed by atoms with Gasteiger partial charge in [0.25, 0.3) is 0 Å². The Balaban J connectivity index is 2.32. The number of ketones is 1. The van der Waals surface area contributed by atoms with Crippen molar-refractivity contribution in [2.24, 2.45) is 7.05 Å². The third kappa shape index (κ3) is 2.51. The predicted molar refractivity (Wildman–Crippen MR) is 68.4 cm³/mol. The number of carbonyl (C=O) groups excluding carboxylic acids is 1. The van der Waals surface area contributed by atoms with Crippen LogP contribution >= 0.6 is 15.9 Å². The number of halogens is 1. The van der Waals surface area contributed by atoms with Gasteiger partial charge in [-0.05, 0) is 22.0 Å². The summed E-state index contributed by atoms with van der Waals surface area (Å²) in [6.07, 6.45) is 3.34. The molecule has 0 aliphatic carbocycles. The van der Waals surface area contributed by atoms with Crippen molar-refractivity contribution in [2.75, 3.05) is 13.7 Å². The number of nitrogens with zero attached hydrogens (tertiary/aromatic N) is 4. The molecule has 0 spiro atoms. The quantitative estimate of drug-likeness (QED) is 0.780. The van der Waals surface area contributed by atoms with Gasteiger partial charge in [-0.3, -0.25) is 14.2 Å². The van der Waals surface area contributed by atoms with E-state index in [-0.39, 0.29) is 5.78 Å². The van der Waals surface area contributed by atoms with Gasteiger partial charge in [-0.1, -0.05) is 0 Å². The van der Waals surface area contributed by atoms with E-state index in [1.807, 2.05) is 0 Å². The number of ether oxygens (including phenoxy) is 1. The molecular formula is C11H13BrN4O2. The molecule has 0 aromatic carbocycles. The van der Waals surface area contributed by atoms with Crippen LogP contribution in [-0.2, 0) is 18.3 Å². The van der Waals surface area contributed by atoms with E-state index in [0.717, 1.165) is 0 Å². The molecule has 0 saturated heterocycles. The topological polar surface area (TPSA) is 61.9 Å². The molecule has 0 fully saturated rings. The highest BCUT2D eigenvalue weighted by Gasteiger charge is 2.20. The van der Waals surface area contributed by atoms with Crippen LogP contribution in [0.2, 0.25) is 0 Å². The minimum atomic E-state index is -0.156. The molecule has 2 aromatic heterocycles. The second-order valence-electron chi connectivity index (χ2n) is 3.76. The largest absolute Gasteiger partial charge is 0.383 e. The maximum Gasteiger partial charge on any atom is 0.232 e. The van der Waals surface area contributed by atoms with Gasteiger partial charge in [-0.2, -0.15) is 10.2 Å². The normalized spacial score (nSPS) is 10.8. The van der Waals surface area contributed by atoms with Crippen LogP contribution in [0.25, 0.3) is 0 Å². The molecule has 0 amide bonds. The number of rotatable bonds is 5. The van der Waals surface area contributed by atoms with E-state index in [2.05, 4.69) is 26.1 Å². The molecule has 0 N–H and O–H groups in total. The fourth-order valence-electron chi connectivity index (χ4n) is 1.59. The minimum Gasteiger partial charge on any atom is -0.383 e. The maximum atomic E-state index is 12.3. The average molecular weight is 313 g/mol. The summed E-state index contributed by atoms with van der Waals surface area (Å²) in [4.78, 5) is 12.3. The van der Waals surface area contributed by atoms with E-state index in [4.69, 9.17) is 4.74 Å². The molecule has 0 saturated carbocycles. The van der Waals surface area contributed by atoms with Crippen molar-refractivity contribution < 1.29 is 9.53 Å². The fraction of sp³-hybridized carbons (Fsp3) is 0.364. The van der Waals surface area contributed by atoms with Crippen LogP contribution in [0, 0.1) is 0 Å². The molecule has 2 rings (SSSR count). The average Bonchev–Trinajstić information content (AvgIpc) is 2.92. The summed E-state index contributed by atoms with van der Waals surface area (Å²) in [5.41, 5.74) is 0.892. The van der Waals surface area contributed by atoms with Gasteiger partial charge in [-0.15, -0.1) is 0 Å². The third-order valence-corrected chi connectivity index (χ3v) is 3.04. The molecule has 0 radical (unpaired) electrons. The first-order valence-electron chi connectivity index (χ1n) is 5.38. The second-order valence-corrected chi connectivity index (χ2v) is 4.62. The SMILES string of the molecule is COCCn1ncc(Br)c1C(=O)c1ccn(C)n1. The highest BCUT2D eigenvalue weighted by atomic mass is 79.9. The number of aryl methyl sites for hydroxylation is 1. The summed E-state index contributed by atoms with van der Waals surface area (Å²) in [5, 5.41) is 8.24. The van der Waals surface area contributed by atoms with Crippen molar-refractivity contribution in [3.63, 3.8) is 0 Å². The minimum absolute atomic E-state index is 0.156. The first-order chi connectivity index (χ1) is 8.63. The molecule has 96 valence electrons. The van der Waals surface area contributed by atoms with Gasteiger partial charge < -0.3 is 4.74 Å². The maximum absolute atomic E-state index is 12.3. The molecule has 0 atom stereocenters. The fourth-order valence-corrected chi connectivity index (χ4v) is 2.07. The lowest BCUT2D eigenvalue weighted by Gasteiger charge is -2.05. The van der Waals surface area contributed by atoms with E-state index in [1.54, 1.807) is 42.0 Å². The molecule has 2 aromatic rings. The number of hydrogen-bond donors (Lipinski definition) is 0. The molecule has 0 aliphatic rings. The van der Waals surface area contributed by atoms with Crippen LogP contribution in [0.4, 0.5) is 0 Å². The summed E-state index contributed by atoms with van der Waals surface area (Å²) in [5.74, 6) is -0.156. The molecular weight excluding hydrogens is 300 g/mol. The Kier molecular flexibility index (Phi) is 3.93. The Morgan fingerprint density at radius 2 is 2.33 bits per heavy atom. The van der Waals surface area contributed by atoms with E-state index in [0.29, 0.717) is 29.0 Å². The Labute approximate surface area is 113 Å². The van der Waals surface area contributed by atoms with Gasteiger partial charge in [-0.25, -0.2) is 0 Å². The van der Waals surface area contributed by atoms with Crippen LogP contribution < -0.4 is 0 Å². The van der Waals surface area contributed by atoms with E-state index in [9.17, 15) is 4.79 Å².